The highest BCUT2D eigenvalue weighted by molar-refractivity contribution is 9.10. The zero-order valence-corrected chi connectivity index (χ0v) is 8.14. The minimum atomic E-state index is 0.577. The Balaban J connectivity index is 2.42. The number of hydrogen-bond donors (Lipinski definition) is 0. The van der Waals surface area contributed by atoms with Gasteiger partial charge in [0.2, 0.25) is 0 Å². The summed E-state index contributed by atoms with van der Waals surface area (Å²) in [7, 11) is 0. The molecule has 2 aromatic heterocycles. The van der Waals surface area contributed by atoms with Gasteiger partial charge in [-0.3, -0.25) is 0 Å². The van der Waals surface area contributed by atoms with Gasteiger partial charge in [-0.1, -0.05) is 0 Å². The van der Waals surface area contributed by atoms with Gasteiger partial charge < -0.3 is 0 Å². The van der Waals surface area contributed by atoms with Crippen LogP contribution in [0.1, 0.15) is 0 Å². The Labute approximate surface area is 83.2 Å². The summed E-state index contributed by atoms with van der Waals surface area (Å²) >= 11 is 3.16. The number of nitrogens with zero attached hydrogens (tertiary/aromatic N) is 4. The Morgan fingerprint density at radius 2 is 1.38 bits per heavy atom. The van der Waals surface area contributed by atoms with Crippen LogP contribution >= 0.6 is 15.9 Å². The number of hydrogen-bond acceptors (Lipinski definition) is 4. The summed E-state index contributed by atoms with van der Waals surface area (Å²) in [6.07, 6.45) is 8.37. The van der Waals surface area contributed by atoms with Crippen molar-refractivity contribution in [2.45, 2.75) is 0 Å². The van der Waals surface area contributed by atoms with Gasteiger partial charge in [0.1, 0.15) is 6.33 Å². The molecule has 5 heteroatoms. The van der Waals surface area contributed by atoms with Gasteiger partial charge in [-0.25, -0.2) is 19.9 Å². The number of aromatic nitrogens is 4. The van der Waals surface area contributed by atoms with Crippen LogP contribution < -0.4 is 0 Å². The van der Waals surface area contributed by atoms with E-state index in [2.05, 4.69) is 35.9 Å². The maximum atomic E-state index is 4.01. The molecule has 0 saturated heterocycles. The van der Waals surface area contributed by atoms with Gasteiger partial charge in [0.15, 0.2) is 4.73 Å². The smallest absolute Gasteiger partial charge is 0.196 e. The molecule has 0 aromatic carbocycles. The van der Waals surface area contributed by atoms with Crippen molar-refractivity contribution in [2.24, 2.45) is 0 Å². The lowest BCUT2D eigenvalue weighted by atomic mass is 10.2. The fraction of sp³-hybridized carbons (Fsp3) is 0. The molecule has 0 saturated carbocycles. The molecule has 0 fully saturated rings. The quantitative estimate of drug-likeness (QED) is 0.708. The van der Waals surface area contributed by atoms with Gasteiger partial charge >= 0.3 is 0 Å². The Hall–Kier alpha value is -1.36. The molecule has 0 aliphatic carbocycles. The van der Waals surface area contributed by atoms with Gasteiger partial charge in [-0.05, 0) is 15.9 Å². The average molecular weight is 237 g/mol. The Morgan fingerprint density at radius 1 is 0.846 bits per heavy atom. The van der Waals surface area contributed by atoms with Gasteiger partial charge in [0.25, 0.3) is 0 Å². The van der Waals surface area contributed by atoms with E-state index in [4.69, 9.17) is 0 Å². The number of halogens is 1. The van der Waals surface area contributed by atoms with Crippen molar-refractivity contribution in [3.63, 3.8) is 0 Å². The zero-order chi connectivity index (χ0) is 9.10. The van der Waals surface area contributed by atoms with Crippen LogP contribution in [0.3, 0.4) is 0 Å². The SMILES string of the molecule is Brc1ncc(-c2cncnc2)cn1. The summed E-state index contributed by atoms with van der Waals surface area (Å²) in [5.41, 5.74) is 1.82. The van der Waals surface area contributed by atoms with Gasteiger partial charge in [-0.15, -0.1) is 0 Å². The summed E-state index contributed by atoms with van der Waals surface area (Å²) in [5, 5.41) is 0. The van der Waals surface area contributed by atoms with Crippen LogP contribution in [-0.2, 0) is 0 Å². The highest BCUT2D eigenvalue weighted by atomic mass is 79.9. The predicted molar refractivity (Wildman–Crippen MR) is 50.8 cm³/mol. The van der Waals surface area contributed by atoms with E-state index in [9.17, 15) is 0 Å². The molecule has 0 atom stereocenters. The first-order chi connectivity index (χ1) is 6.36. The van der Waals surface area contributed by atoms with E-state index < -0.39 is 0 Å². The van der Waals surface area contributed by atoms with Crippen LogP contribution in [0.5, 0.6) is 0 Å². The molecule has 0 amide bonds. The molecule has 0 unspecified atom stereocenters. The molecule has 0 aliphatic heterocycles. The van der Waals surface area contributed by atoms with E-state index >= 15 is 0 Å². The summed E-state index contributed by atoms with van der Waals surface area (Å²) in [6.45, 7) is 0. The van der Waals surface area contributed by atoms with E-state index in [0.29, 0.717) is 4.73 Å². The second-order valence-electron chi connectivity index (χ2n) is 2.37. The fourth-order valence-corrected chi connectivity index (χ4v) is 1.11. The fourth-order valence-electron chi connectivity index (χ4n) is 0.910. The standard InChI is InChI=1S/C8H5BrN4/c9-8-12-3-7(4-13-8)6-1-10-5-11-2-6/h1-5H. The minimum absolute atomic E-state index is 0.577. The molecule has 2 rings (SSSR count). The van der Waals surface area contributed by atoms with Gasteiger partial charge in [0.05, 0.1) is 0 Å². The molecular formula is C8H5BrN4. The molecule has 0 bridgehead atoms. The Bertz CT molecular complexity index is 387. The molecule has 64 valence electrons. The largest absolute Gasteiger partial charge is 0.244 e. The summed E-state index contributed by atoms with van der Waals surface area (Å²) < 4.78 is 0.577. The van der Waals surface area contributed by atoms with E-state index in [1.807, 2.05) is 0 Å². The van der Waals surface area contributed by atoms with E-state index in [0.717, 1.165) is 11.1 Å². The van der Waals surface area contributed by atoms with Crippen LogP contribution in [0.15, 0.2) is 35.8 Å². The number of rotatable bonds is 1. The lowest BCUT2D eigenvalue weighted by Crippen LogP contribution is -1.86. The van der Waals surface area contributed by atoms with Crippen molar-refractivity contribution in [1.29, 1.82) is 0 Å². The molecule has 0 radical (unpaired) electrons. The van der Waals surface area contributed by atoms with E-state index in [1.54, 1.807) is 24.8 Å². The van der Waals surface area contributed by atoms with Crippen LogP contribution in [0, 0.1) is 0 Å². The van der Waals surface area contributed by atoms with Crippen molar-refractivity contribution in [2.75, 3.05) is 0 Å². The minimum Gasteiger partial charge on any atom is -0.244 e. The van der Waals surface area contributed by atoms with Crippen molar-refractivity contribution in [3.05, 3.63) is 35.8 Å². The lowest BCUT2D eigenvalue weighted by molar-refractivity contribution is 1.10. The van der Waals surface area contributed by atoms with Gasteiger partial charge in [-0.2, -0.15) is 0 Å². The molecule has 0 aliphatic rings. The van der Waals surface area contributed by atoms with Gasteiger partial charge in [0, 0.05) is 35.9 Å². The van der Waals surface area contributed by atoms with Crippen LogP contribution in [0.25, 0.3) is 11.1 Å². The first-order valence-electron chi connectivity index (χ1n) is 3.59. The first kappa shape index (κ1) is 8.25. The summed E-state index contributed by atoms with van der Waals surface area (Å²) in [4.78, 5) is 15.8. The zero-order valence-electron chi connectivity index (χ0n) is 6.55. The molecule has 2 heterocycles. The van der Waals surface area contributed by atoms with Crippen molar-refractivity contribution in [1.82, 2.24) is 19.9 Å². The Kier molecular flexibility index (Phi) is 2.27. The van der Waals surface area contributed by atoms with E-state index in [-0.39, 0.29) is 0 Å². The molecule has 4 nitrogen and oxygen atoms in total. The van der Waals surface area contributed by atoms with Crippen LogP contribution in [-0.4, -0.2) is 19.9 Å². The molecule has 0 spiro atoms. The lowest BCUT2D eigenvalue weighted by Gasteiger charge is -1.97. The summed E-state index contributed by atoms with van der Waals surface area (Å²) in [5.74, 6) is 0. The topological polar surface area (TPSA) is 51.6 Å². The summed E-state index contributed by atoms with van der Waals surface area (Å²) in [6, 6.07) is 0. The highest BCUT2D eigenvalue weighted by Gasteiger charge is 1.98. The second kappa shape index (κ2) is 3.57. The average Bonchev–Trinajstić information content (AvgIpc) is 2.20. The third kappa shape index (κ3) is 1.86. The van der Waals surface area contributed by atoms with Crippen molar-refractivity contribution < 1.29 is 0 Å². The van der Waals surface area contributed by atoms with E-state index in [1.165, 1.54) is 6.33 Å². The third-order valence-electron chi connectivity index (χ3n) is 1.51. The Morgan fingerprint density at radius 3 is 2.00 bits per heavy atom. The molecule has 2 aromatic rings. The highest BCUT2D eigenvalue weighted by Crippen LogP contribution is 2.15. The monoisotopic (exact) mass is 236 g/mol. The van der Waals surface area contributed by atoms with Crippen molar-refractivity contribution >= 4 is 15.9 Å². The van der Waals surface area contributed by atoms with Crippen molar-refractivity contribution in [3.8, 4) is 11.1 Å². The molecule has 13 heavy (non-hydrogen) atoms. The predicted octanol–water partition coefficient (Wildman–Crippen LogP) is 1.70. The molecule has 0 N–H and O–H groups in total. The molecular weight excluding hydrogens is 232 g/mol. The maximum Gasteiger partial charge on any atom is 0.196 e. The third-order valence-corrected chi connectivity index (χ3v) is 1.92. The maximum absolute atomic E-state index is 4.01. The first-order valence-corrected chi connectivity index (χ1v) is 4.38. The van der Waals surface area contributed by atoms with Crippen LogP contribution in [0.4, 0.5) is 0 Å². The normalized spacial score (nSPS) is 9.92. The van der Waals surface area contributed by atoms with Crippen LogP contribution in [0.2, 0.25) is 0 Å². The second-order valence-corrected chi connectivity index (χ2v) is 3.08.